The molecule has 7 heteroatoms. The lowest BCUT2D eigenvalue weighted by Crippen LogP contribution is -2.06. The van der Waals surface area contributed by atoms with Crippen molar-refractivity contribution >= 4 is 46.4 Å². The molecule has 0 heterocycles. The monoisotopic (exact) mass is 358 g/mol. The van der Waals surface area contributed by atoms with Gasteiger partial charge < -0.3 is 0 Å². The summed E-state index contributed by atoms with van der Waals surface area (Å²) in [7, 11) is 0. The number of hydrogen-bond donors (Lipinski definition) is 0. The summed E-state index contributed by atoms with van der Waals surface area (Å²) in [5.41, 5.74) is -0.397. The standard InChI is InChI=1S/C13H5Cl4F3/c14-7-4-8(12(17)11(16)5-7)6-1-2-10(15)9(3-6)13(18,19)20/h1-5H. The predicted molar refractivity (Wildman–Crippen MR) is 76.9 cm³/mol. The number of halogens is 7. The number of rotatable bonds is 1. The molecular weight excluding hydrogens is 355 g/mol. The van der Waals surface area contributed by atoms with Gasteiger partial charge in [0.2, 0.25) is 0 Å². The van der Waals surface area contributed by atoms with E-state index in [-0.39, 0.29) is 25.7 Å². The molecule has 20 heavy (non-hydrogen) atoms. The average molecular weight is 360 g/mol. The van der Waals surface area contributed by atoms with E-state index in [2.05, 4.69) is 0 Å². The van der Waals surface area contributed by atoms with Gasteiger partial charge in [-0.25, -0.2) is 0 Å². The molecule has 0 fully saturated rings. The van der Waals surface area contributed by atoms with E-state index >= 15 is 0 Å². The second-order valence-electron chi connectivity index (χ2n) is 3.94. The summed E-state index contributed by atoms with van der Waals surface area (Å²) >= 11 is 23.3. The maximum atomic E-state index is 12.8. The fraction of sp³-hybridized carbons (Fsp3) is 0.0769. The van der Waals surface area contributed by atoms with Crippen LogP contribution in [0.25, 0.3) is 11.1 Å². The first-order chi connectivity index (χ1) is 9.20. The molecule has 0 bridgehead atoms. The lowest BCUT2D eigenvalue weighted by atomic mass is 10.0. The molecule has 0 nitrogen and oxygen atoms in total. The normalized spacial score (nSPS) is 11.8. The molecule has 0 spiro atoms. The molecule has 0 aliphatic heterocycles. The van der Waals surface area contributed by atoms with E-state index in [1.807, 2.05) is 0 Å². The van der Waals surface area contributed by atoms with Crippen LogP contribution in [0.15, 0.2) is 30.3 Å². The lowest BCUT2D eigenvalue weighted by molar-refractivity contribution is -0.137. The van der Waals surface area contributed by atoms with Gasteiger partial charge in [-0.3, -0.25) is 0 Å². The second kappa shape index (κ2) is 5.64. The summed E-state index contributed by atoms with van der Waals surface area (Å²) in [5.74, 6) is 0. The molecule has 0 amide bonds. The zero-order valence-corrected chi connectivity index (χ0v) is 12.6. The minimum Gasteiger partial charge on any atom is -0.166 e. The predicted octanol–water partition coefficient (Wildman–Crippen LogP) is 6.99. The minimum absolute atomic E-state index is 0.131. The van der Waals surface area contributed by atoms with Crippen LogP contribution >= 0.6 is 46.4 Å². The Hall–Kier alpha value is -0.610. The Morgan fingerprint density at radius 3 is 2.05 bits per heavy atom. The Morgan fingerprint density at radius 1 is 0.800 bits per heavy atom. The lowest BCUT2D eigenvalue weighted by Gasteiger charge is -2.12. The molecule has 106 valence electrons. The van der Waals surface area contributed by atoms with Crippen molar-refractivity contribution in [2.45, 2.75) is 6.18 Å². The van der Waals surface area contributed by atoms with Crippen molar-refractivity contribution in [1.29, 1.82) is 0 Å². The highest BCUT2D eigenvalue weighted by molar-refractivity contribution is 6.45. The number of benzene rings is 2. The summed E-state index contributed by atoms with van der Waals surface area (Å²) in [6.45, 7) is 0. The summed E-state index contributed by atoms with van der Waals surface area (Å²) in [6.07, 6.45) is -4.55. The third-order valence-corrected chi connectivity index (χ3v) is 3.93. The van der Waals surface area contributed by atoms with Crippen LogP contribution in [0.1, 0.15) is 5.56 Å². The molecular formula is C13H5Cl4F3. The van der Waals surface area contributed by atoms with Gasteiger partial charge in [0.05, 0.1) is 20.6 Å². The molecule has 2 aromatic carbocycles. The van der Waals surface area contributed by atoms with Crippen LogP contribution in [0.2, 0.25) is 20.1 Å². The van der Waals surface area contributed by atoms with Crippen LogP contribution < -0.4 is 0 Å². The van der Waals surface area contributed by atoms with Crippen molar-refractivity contribution in [3.05, 3.63) is 56.0 Å². The van der Waals surface area contributed by atoms with Crippen LogP contribution in [0.3, 0.4) is 0 Å². The van der Waals surface area contributed by atoms with Crippen LogP contribution in [-0.4, -0.2) is 0 Å². The highest BCUT2D eigenvalue weighted by Crippen LogP contribution is 2.41. The van der Waals surface area contributed by atoms with Crippen molar-refractivity contribution < 1.29 is 13.2 Å². The van der Waals surface area contributed by atoms with Crippen molar-refractivity contribution in [1.82, 2.24) is 0 Å². The van der Waals surface area contributed by atoms with Crippen LogP contribution in [-0.2, 0) is 6.18 Å². The first-order valence-electron chi connectivity index (χ1n) is 5.22. The van der Waals surface area contributed by atoms with E-state index in [1.165, 1.54) is 18.2 Å². The molecule has 0 atom stereocenters. The van der Waals surface area contributed by atoms with Gasteiger partial charge in [-0.1, -0.05) is 52.5 Å². The van der Waals surface area contributed by atoms with Gasteiger partial charge in [0.25, 0.3) is 0 Å². The van der Waals surface area contributed by atoms with Gasteiger partial charge in [0.1, 0.15) is 0 Å². The van der Waals surface area contributed by atoms with Gasteiger partial charge in [-0.15, -0.1) is 0 Å². The van der Waals surface area contributed by atoms with Crippen molar-refractivity contribution in [3.8, 4) is 11.1 Å². The molecule has 0 saturated heterocycles. The molecule has 0 N–H and O–H groups in total. The molecule has 2 aromatic rings. The first kappa shape index (κ1) is 15.8. The van der Waals surface area contributed by atoms with Crippen LogP contribution in [0.4, 0.5) is 13.2 Å². The Bertz CT molecular complexity index is 665. The number of hydrogen-bond acceptors (Lipinski definition) is 0. The topological polar surface area (TPSA) is 0 Å². The minimum atomic E-state index is -4.55. The van der Waals surface area contributed by atoms with Crippen LogP contribution in [0.5, 0.6) is 0 Å². The van der Waals surface area contributed by atoms with Gasteiger partial charge >= 0.3 is 6.18 Å². The van der Waals surface area contributed by atoms with Crippen molar-refractivity contribution in [2.24, 2.45) is 0 Å². The van der Waals surface area contributed by atoms with E-state index in [9.17, 15) is 13.2 Å². The Kier molecular flexibility index (Phi) is 4.45. The van der Waals surface area contributed by atoms with E-state index in [4.69, 9.17) is 46.4 Å². The Balaban J connectivity index is 2.66. The van der Waals surface area contributed by atoms with Crippen molar-refractivity contribution in [3.63, 3.8) is 0 Å². The zero-order valence-electron chi connectivity index (χ0n) is 9.53. The summed E-state index contributed by atoms with van der Waals surface area (Å²) in [6, 6.07) is 6.35. The highest BCUT2D eigenvalue weighted by atomic mass is 35.5. The maximum Gasteiger partial charge on any atom is 0.417 e. The Labute approximate surface area is 133 Å². The molecule has 0 aliphatic carbocycles. The first-order valence-corrected chi connectivity index (χ1v) is 6.73. The fourth-order valence-electron chi connectivity index (χ4n) is 1.68. The molecule has 0 aromatic heterocycles. The van der Waals surface area contributed by atoms with Gasteiger partial charge in [-0.05, 0) is 29.8 Å². The van der Waals surface area contributed by atoms with Gasteiger partial charge in [-0.2, -0.15) is 13.2 Å². The molecule has 2 rings (SSSR count). The zero-order chi connectivity index (χ0) is 15.1. The quantitative estimate of drug-likeness (QED) is 0.481. The third-order valence-electron chi connectivity index (χ3n) is 2.58. The number of alkyl halides is 3. The second-order valence-corrected chi connectivity index (χ2v) is 5.57. The SMILES string of the molecule is FC(F)(F)c1cc(-c2cc(Cl)cc(Cl)c2Cl)ccc1Cl. The highest BCUT2D eigenvalue weighted by Gasteiger charge is 2.33. The van der Waals surface area contributed by atoms with Crippen LogP contribution in [0, 0.1) is 0 Å². The van der Waals surface area contributed by atoms with Gasteiger partial charge in [0, 0.05) is 10.6 Å². The van der Waals surface area contributed by atoms with E-state index in [0.29, 0.717) is 5.56 Å². The third kappa shape index (κ3) is 3.17. The van der Waals surface area contributed by atoms with Crippen molar-refractivity contribution in [2.75, 3.05) is 0 Å². The molecule has 0 aliphatic rings. The maximum absolute atomic E-state index is 12.8. The van der Waals surface area contributed by atoms with E-state index in [1.54, 1.807) is 0 Å². The smallest absolute Gasteiger partial charge is 0.166 e. The molecule has 0 saturated carbocycles. The largest absolute Gasteiger partial charge is 0.417 e. The molecule has 0 radical (unpaired) electrons. The molecule has 0 unspecified atom stereocenters. The van der Waals surface area contributed by atoms with E-state index in [0.717, 1.165) is 12.1 Å². The average Bonchev–Trinajstić information content (AvgIpc) is 2.33. The Morgan fingerprint density at radius 2 is 1.45 bits per heavy atom. The van der Waals surface area contributed by atoms with Gasteiger partial charge in [0.15, 0.2) is 0 Å². The van der Waals surface area contributed by atoms with E-state index < -0.39 is 11.7 Å². The summed E-state index contributed by atoms with van der Waals surface area (Å²) in [4.78, 5) is 0. The summed E-state index contributed by atoms with van der Waals surface area (Å²) < 4.78 is 38.5. The fourth-order valence-corrected chi connectivity index (χ4v) is 2.61. The summed E-state index contributed by atoms with van der Waals surface area (Å²) in [5, 5.41) is 0.188.